The van der Waals surface area contributed by atoms with Crippen LogP contribution < -0.4 is 0 Å². The number of carbonyl (C=O) groups excluding carboxylic acids is 1. The minimum Gasteiger partial charge on any atom is -0.339 e. The van der Waals surface area contributed by atoms with Crippen LogP contribution in [-0.4, -0.2) is 29.3 Å². The van der Waals surface area contributed by atoms with E-state index >= 15 is 0 Å². The molecule has 1 fully saturated rings. The number of benzene rings is 1. The number of hydrogen-bond donors (Lipinski definition) is 0. The Morgan fingerprint density at radius 2 is 1.89 bits per heavy atom. The summed E-state index contributed by atoms with van der Waals surface area (Å²) in [4.78, 5) is 14.3. The van der Waals surface area contributed by atoms with E-state index in [1.54, 1.807) is 0 Å². The average molecular weight is 264 g/mol. The van der Waals surface area contributed by atoms with Crippen LogP contribution >= 0.6 is 11.6 Å². The Hall–Kier alpha value is -1.02. The zero-order valence-corrected chi connectivity index (χ0v) is 11.2. The van der Waals surface area contributed by atoms with Crippen molar-refractivity contribution in [3.63, 3.8) is 0 Å². The number of alkyl halides is 1. The molecule has 96 valence electrons. The van der Waals surface area contributed by atoms with Gasteiger partial charge in [0.15, 0.2) is 0 Å². The lowest BCUT2D eigenvalue weighted by atomic mass is 10.0. The van der Waals surface area contributed by atoms with Crippen molar-refractivity contribution in [2.24, 2.45) is 0 Å². The smallest absolute Gasteiger partial charge is 0.253 e. The second-order valence-corrected chi connectivity index (χ2v) is 5.92. The number of likely N-dealkylation sites (tertiary alicyclic amines) is 1. The maximum Gasteiger partial charge on any atom is 0.253 e. The summed E-state index contributed by atoms with van der Waals surface area (Å²) in [6, 6.07) is 6.21. The van der Waals surface area contributed by atoms with Crippen molar-refractivity contribution < 1.29 is 4.79 Å². The highest BCUT2D eigenvalue weighted by Crippen LogP contribution is 2.24. The van der Waals surface area contributed by atoms with Gasteiger partial charge in [0.05, 0.1) is 0 Å². The van der Waals surface area contributed by atoms with Crippen molar-refractivity contribution in [2.75, 3.05) is 13.1 Å². The molecule has 0 aromatic heterocycles. The summed E-state index contributed by atoms with van der Waals surface area (Å²) in [7, 11) is 0. The lowest BCUT2D eigenvalue weighted by molar-refractivity contribution is 0.0726. The molecule has 0 atom stereocenters. The van der Waals surface area contributed by atoms with Crippen molar-refractivity contribution >= 4 is 17.5 Å². The molecule has 3 heteroatoms. The van der Waals surface area contributed by atoms with Gasteiger partial charge in [-0.15, -0.1) is 11.6 Å². The second-order valence-electron chi connectivity index (χ2n) is 5.30. The largest absolute Gasteiger partial charge is 0.339 e. The topological polar surface area (TPSA) is 20.3 Å². The highest BCUT2D eigenvalue weighted by molar-refractivity contribution is 6.20. The Bertz CT molecular complexity index is 464. The quantitative estimate of drug-likeness (QED) is 0.714. The fourth-order valence-corrected chi connectivity index (χ4v) is 3.13. The molecule has 1 heterocycles. The first-order chi connectivity index (χ1) is 8.74. The highest BCUT2D eigenvalue weighted by Gasteiger charge is 2.23. The molecular formula is C15H18ClNO. The number of hydrogen-bond acceptors (Lipinski definition) is 1. The predicted octanol–water partition coefficient (Wildman–Crippen LogP) is 3.02. The van der Waals surface area contributed by atoms with E-state index in [0.717, 1.165) is 37.9 Å². The molecule has 1 amide bonds. The molecule has 1 aromatic carbocycles. The van der Waals surface area contributed by atoms with Crippen molar-refractivity contribution in [1.29, 1.82) is 0 Å². The van der Waals surface area contributed by atoms with Gasteiger partial charge in [0.1, 0.15) is 0 Å². The molecule has 0 bridgehead atoms. The van der Waals surface area contributed by atoms with Gasteiger partial charge in [0.2, 0.25) is 0 Å². The Morgan fingerprint density at radius 3 is 2.67 bits per heavy atom. The number of rotatable bonds is 1. The van der Waals surface area contributed by atoms with Crippen LogP contribution in [0, 0.1) is 0 Å². The molecular weight excluding hydrogens is 246 g/mol. The molecule has 3 rings (SSSR count). The molecule has 1 aromatic rings. The number of aryl methyl sites for hydroxylation is 2. The molecule has 1 aliphatic carbocycles. The van der Waals surface area contributed by atoms with Gasteiger partial charge in [-0.05, 0) is 55.4 Å². The summed E-state index contributed by atoms with van der Waals surface area (Å²) in [6.07, 6.45) is 5.35. The molecule has 1 saturated heterocycles. The molecule has 2 nitrogen and oxygen atoms in total. The van der Waals surface area contributed by atoms with Crippen molar-refractivity contribution in [3.05, 3.63) is 34.9 Å². The van der Waals surface area contributed by atoms with Gasteiger partial charge in [-0.1, -0.05) is 6.07 Å². The lowest BCUT2D eigenvalue weighted by Gasteiger charge is -2.29. The molecule has 0 spiro atoms. The van der Waals surface area contributed by atoms with Crippen molar-refractivity contribution in [2.45, 2.75) is 37.5 Å². The maximum atomic E-state index is 12.4. The first kappa shape index (κ1) is 12.0. The fraction of sp³-hybridized carbons (Fsp3) is 0.533. The first-order valence-corrected chi connectivity index (χ1v) is 7.23. The van der Waals surface area contributed by atoms with Gasteiger partial charge >= 0.3 is 0 Å². The van der Waals surface area contributed by atoms with Crippen LogP contribution in [-0.2, 0) is 12.8 Å². The number of carbonyl (C=O) groups is 1. The molecule has 0 unspecified atom stereocenters. The number of piperidine rings is 1. The van der Waals surface area contributed by atoms with Crippen LogP contribution in [0.4, 0.5) is 0 Å². The predicted molar refractivity (Wildman–Crippen MR) is 73.2 cm³/mol. The number of fused-ring (bicyclic) bond motifs is 1. The Labute approximate surface area is 113 Å². The van der Waals surface area contributed by atoms with Crippen LogP contribution in [0.1, 0.15) is 40.7 Å². The van der Waals surface area contributed by atoms with Gasteiger partial charge in [0.25, 0.3) is 5.91 Å². The molecule has 0 radical (unpaired) electrons. The minimum absolute atomic E-state index is 0.174. The van der Waals surface area contributed by atoms with E-state index < -0.39 is 0 Å². The van der Waals surface area contributed by atoms with Crippen LogP contribution in [0.5, 0.6) is 0 Å². The maximum absolute atomic E-state index is 12.4. The summed E-state index contributed by atoms with van der Waals surface area (Å²) < 4.78 is 0. The zero-order chi connectivity index (χ0) is 12.5. The van der Waals surface area contributed by atoms with Gasteiger partial charge in [0, 0.05) is 24.0 Å². The Balaban J connectivity index is 1.76. The molecule has 0 N–H and O–H groups in total. The van der Waals surface area contributed by atoms with Crippen LogP contribution in [0.3, 0.4) is 0 Å². The Morgan fingerprint density at radius 1 is 1.17 bits per heavy atom. The summed E-state index contributed by atoms with van der Waals surface area (Å²) >= 11 is 6.07. The lowest BCUT2D eigenvalue weighted by Crippen LogP contribution is -2.38. The fourth-order valence-electron chi connectivity index (χ4n) is 2.94. The van der Waals surface area contributed by atoms with Gasteiger partial charge in [-0.25, -0.2) is 0 Å². The number of amides is 1. The van der Waals surface area contributed by atoms with Gasteiger partial charge < -0.3 is 4.90 Å². The van der Waals surface area contributed by atoms with Crippen molar-refractivity contribution in [3.8, 4) is 0 Å². The van der Waals surface area contributed by atoms with Crippen LogP contribution in [0.15, 0.2) is 18.2 Å². The first-order valence-electron chi connectivity index (χ1n) is 6.79. The van der Waals surface area contributed by atoms with Crippen LogP contribution in [0.25, 0.3) is 0 Å². The average Bonchev–Trinajstić information content (AvgIpc) is 2.86. The molecule has 18 heavy (non-hydrogen) atoms. The third-order valence-electron chi connectivity index (χ3n) is 4.06. The third-order valence-corrected chi connectivity index (χ3v) is 4.49. The molecule has 2 aliphatic rings. The van der Waals surface area contributed by atoms with Crippen molar-refractivity contribution in [1.82, 2.24) is 4.90 Å². The summed E-state index contributed by atoms with van der Waals surface area (Å²) in [6.45, 7) is 1.59. The summed E-state index contributed by atoms with van der Waals surface area (Å²) in [5, 5.41) is 0.245. The second kappa shape index (κ2) is 4.93. The minimum atomic E-state index is 0.174. The number of nitrogens with zero attached hydrogens (tertiary/aromatic N) is 1. The number of halogens is 1. The molecule has 1 aliphatic heterocycles. The van der Waals surface area contributed by atoms with E-state index in [1.807, 2.05) is 11.0 Å². The highest BCUT2D eigenvalue weighted by atomic mass is 35.5. The monoisotopic (exact) mass is 263 g/mol. The third kappa shape index (κ3) is 2.26. The summed E-state index contributed by atoms with van der Waals surface area (Å²) in [5.74, 6) is 0.174. The zero-order valence-electron chi connectivity index (χ0n) is 10.5. The van der Waals surface area contributed by atoms with Gasteiger partial charge in [-0.2, -0.15) is 0 Å². The molecule has 0 saturated carbocycles. The van der Waals surface area contributed by atoms with E-state index in [9.17, 15) is 4.79 Å². The van der Waals surface area contributed by atoms with Gasteiger partial charge in [-0.3, -0.25) is 4.79 Å². The summed E-state index contributed by atoms with van der Waals surface area (Å²) in [5.41, 5.74) is 3.64. The standard InChI is InChI=1S/C15H18ClNO/c16-14-6-8-17(9-7-14)15(18)13-5-4-11-2-1-3-12(11)10-13/h4-5,10,14H,1-3,6-9H2. The van der Waals surface area contributed by atoms with E-state index in [0.29, 0.717) is 0 Å². The van der Waals surface area contributed by atoms with Crippen LogP contribution in [0.2, 0.25) is 0 Å². The van der Waals surface area contributed by atoms with E-state index in [2.05, 4.69) is 12.1 Å². The van der Waals surface area contributed by atoms with E-state index in [1.165, 1.54) is 24.0 Å². The Kier molecular flexibility index (Phi) is 3.29. The normalized spacial score (nSPS) is 19.9. The van der Waals surface area contributed by atoms with E-state index in [4.69, 9.17) is 11.6 Å². The SMILES string of the molecule is O=C(c1ccc2c(c1)CCC2)N1CCC(Cl)CC1. The van der Waals surface area contributed by atoms with E-state index in [-0.39, 0.29) is 11.3 Å².